The lowest BCUT2D eigenvalue weighted by molar-refractivity contribution is -0.138. The van der Waals surface area contributed by atoms with Gasteiger partial charge >= 0.3 is 5.97 Å². The fraction of sp³-hybridized carbons (Fsp3) is 0.667. The van der Waals surface area contributed by atoms with Crippen LogP contribution in [0.4, 0.5) is 0 Å². The summed E-state index contributed by atoms with van der Waals surface area (Å²) in [5.41, 5.74) is 0. The van der Waals surface area contributed by atoms with E-state index in [1.165, 1.54) is 0 Å². The van der Waals surface area contributed by atoms with Crippen molar-refractivity contribution in [2.45, 2.75) is 12.5 Å². The maximum absolute atomic E-state index is 10.5. The molecule has 0 saturated carbocycles. The Balaban J connectivity index is 3.72. The number of hydrogen-bond acceptors (Lipinski definition) is 5. The molecule has 0 heterocycles. The smallest absolute Gasteiger partial charge is 0.321 e. The van der Waals surface area contributed by atoms with Crippen molar-refractivity contribution in [3.63, 3.8) is 0 Å². The Morgan fingerprint density at radius 2 is 2.50 bits per heavy atom. The number of carboxylic acids is 1. The monoisotopic (exact) mass is 206 g/mol. The summed E-state index contributed by atoms with van der Waals surface area (Å²) in [5, 5.41) is 18.6. The molecule has 1 unspecified atom stereocenters. The van der Waals surface area contributed by atoms with Crippen LogP contribution in [0.2, 0.25) is 0 Å². The Bertz CT molecular complexity index is 181. The summed E-state index contributed by atoms with van der Waals surface area (Å²) in [5.74, 6) is -0.137. The Morgan fingerprint density at radius 1 is 1.83 bits per heavy atom. The summed E-state index contributed by atoms with van der Waals surface area (Å²) in [7, 11) is 0. The number of carboxylic acid groups (broad SMARTS) is 1. The molecule has 4 nitrogen and oxygen atoms in total. The molecule has 0 spiro atoms. The minimum absolute atomic E-state index is 0.533. The van der Waals surface area contributed by atoms with Gasteiger partial charge in [-0.25, -0.2) is 4.72 Å². The molecule has 6 heteroatoms. The lowest BCUT2D eigenvalue weighted by atomic mass is 10.2. The largest absolute Gasteiger partial charge is 0.480 e. The van der Waals surface area contributed by atoms with Crippen molar-refractivity contribution in [3.8, 4) is 5.40 Å². The predicted octanol–water partition coefficient (Wildman–Crippen LogP) is 0.912. The van der Waals surface area contributed by atoms with Gasteiger partial charge in [0.05, 0.1) is 0 Å². The fourth-order valence-electron chi connectivity index (χ4n) is 0.566. The molecule has 0 radical (unpaired) electrons. The minimum Gasteiger partial charge on any atom is -0.480 e. The van der Waals surface area contributed by atoms with Gasteiger partial charge in [0.25, 0.3) is 0 Å². The highest BCUT2D eigenvalue weighted by Gasteiger charge is 2.15. The summed E-state index contributed by atoms with van der Waals surface area (Å²) in [6.45, 7) is 0. The number of carbonyl (C=O) groups is 1. The number of thioether (sulfide) groups is 1. The van der Waals surface area contributed by atoms with Crippen molar-refractivity contribution >= 4 is 29.7 Å². The lowest BCUT2D eigenvalue weighted by Gasteiger charge is -2.09. The van der Waals surface area contributed by atoms with Crippen LogP contribution in [0.1, 0.15) is 6.42 Å². The van der Waals surface area contributed by atoms with E-state index in [1.807, 2.05) is 6.26 Å². The quantitative estimate of drug-likeness (QED) is 0.497. The van der Waals surface area contributed by atoms with Crippen LogP contribution in [0.5, 0.6) is 0 Å². The van der Waals surface area contributed by atoms with Crippen molar-refractivity contribution in [3.05, 3.63) is 0 Å². The number of thiocyanates is 1. The number of rotatable bonds is 6. The highest BCUT2D eigenvalue weighted by atomic mass is 32.2. The summed E-state index contributed by atoms with van der Waals surface area (Å²) >= 11 is 2.35. The normalized spacial score (nSPS) is 12.0. The second-order valence-electron chi connectivity index (χ2n) is 1.98. The molecule has 0 aliphatic rings. The zero-order valence-electron chi connectivity index (χ0n) is 6.61. The van der Waals surface area contributed by atoms with Crippen molar-refractivity contribution in [2.24, 2.45) is 0 Å². The van der Waals surface area contributed by atoms with E-state index in [2.05, 4.69) is 4.72 Å². The molecule has 0 amide bonds. The van der Waals surface area contributed by atoms with E-state index >= 15 is 0 Å². The van der Waals surface area contributed by atoms with Crippen LogP contribution >= 0.6 is 23.7 Å². The van der Waals surface area contributed by atoms with Gasteiger partial charge < -0.3 is 5.11 Å². The first kappa shape index (κ1) is 11.6. The molecule has 12 heavy (non-hydrogen) atoms. The van der Waals surface area contributed by atoms with Crippen LogP contribution < -0.4 is 4.72 Å². The van der Waals surface area contributed by atoms with Crippen molar-refractivity contribution in [1.29, 1.82) is 5.26 Å². The third-order valence-corrected chi connectivity index (χ3v) is 2.29. The van der Waals surface area contributed by atoms with E-state index in [0.717, 1.165) is 17.7 Å². The predicted molar refractivity (Wildman–Crippen MR) is 50.8 cm³/mol. The first-order chi connectivity index (χ1) is 5.72. The minimum atomic E-state index is -0.910. The van der Waals surface area contributed by atoms with E-state index in [1.54, 1.807) is 17.2 Å². The average molecular weight is 206 g/mol. The van der Waals surface area contributed by atoms with E-state index in [0.29, 0.717) is 6.42 Å². The van der Waals surface area contributed by atoms with E-state index in [-0.39, 0.29) is 0 Å². The van der Waals surface area contributed by atoms with Crippen molar-refractivity contribution < 1.29 is 9.90 Å². The molecule has 0 bridgehead atoms. The maximum Gasteiger partial charge on any atom is 0.321 e. The van der Waals surface area contributed by atoms with Gasteiger partial charge in [-0.3, -0.25) is 4.79 Å². The maximum atomic E-state index is 10.5. The lowest BCUT2D eigenvalue weighted by Crippen LogP contribution is -2.32. The average Bonchev–Trinajstić information content (AvgIpc) is 2.04. The highest BCUT2D eigenvalue weighted by molar-refractivity contribution is 8.01. The summed E-state index contributed by atoms with van der Waals surface area (Å²) in [4.78, 5) is 10.5. The molecule has 0 aromatic heterocycles. The van der Waals surface area contributed by atoms with Crippen LogP contribution in [0, 0.1) is 10.7 Å². The zero-order chi connectivity index (χ0) is 9.40. The number of aliphatic carboxylic acids is 1. The second kappa shape index (κ2) is 7.28. The van der Waals surface area contributed by atoms with Crippen molar-refractivity contribution in [2.75, 3.05) is 12.0 Å². The van der Waals surface area contributed by atoms with Crippen LogP contribution in [0.25, 0.3) is 0 Å². The Morgan fingerprint density at radius 3 is 2.92 bits per heavy atom. The Labute approximate surface area is 79.8 Å². The van der Waals surface area contributed by atoms with Crippen LogP contribution in [-0.4, -0.2) is 29.1 Å². The second-order valence-corrected chi connectivity index (χ2v) is 3.59. The molecule has 1 atom stereocenters. The number of hydrogen-bond donors (Lipinski definition) is 2. The molecule has 0 saturated heterocycles. The van der Waals surface area contributed by atoms with E-state index in [4.69, 9.17) is 10.4 Å². The summed E-state index contributed by atoms with van der Waals surface area (Å²) in [6, 6.07) is -0.623. The third kappa shape index (κ3) is 5.29. The molecular formula is C6H10N2O2S2. The third-order valence-electron chi connectivity index (χ3n) is 1.16. The number of nitriles is 1. The van der Waals surface area contributed by atoms with Gasteiger partial charge in [-0.1, -0.05) is 0 Å². The van der Waals surface area contributed by atoms with Gasteiger partial charge in [-0.2, -0.15) is 17.0 Å². The number of nitrogens with zero attached hydrogens (tertiary/aromatic N) is 1. The van der Waals surface area contributed by atoms with Gasteiger partial charge in [0.15, 0.2) is 0 Å². The van der Waals surface area contributed by atoms with E-state index in [9.17, 15) is 4.79 Å². The molecular weight excluding hydrogens is 196 g/mol. The molecule has 0 rings (SSSR count). The van der Waals surface area contributed by atoms with Crippen LogP contribution in [0.3, 0.4) is 0 Å². The SMILES string of the molecule is CSCCC(NSC#N)C(=O)O. The Kier molecular flexibility index (Phi) is 7.05. The first-order valence-electron chi connectivity index (χ1n) is 3.24. The van der Waals surface area contributed by atoms with Crippen LogP contribution in [0.15, 0.2) is 0 Å². The van der Waals surface area contributed by atoms with Gasteiger partial charge in [0.1, 0.15) is 11.4 Å². The molecule has 0 aliphatic heterocycles. The molecule has 68 valence electrons. The van der Waals surface area contributed by atoms with Gasteiger partial charge in [-0.05, 0) is 18.4 Å². The fourth-order valence-corrected chi connectivity index (χ4v) is 1.45. The Hall–Kier alpha value is -0.380. The van der Waals surface area contributed by atoms with E-state index < -0.39 is 12.0 Å². The van der Waals surface area contributed by atoms with Gasteiger partial charge in [0.2, 0.25) is 0 Å². The first-order valence-corrected chi connectivity index (χ1v) is 5.45. The summed E-state index contributed by atoms with van der Waals surface area (Å²) < 4.78 is 2.55. The molecule has 0 aliphatic carbocycles. The topological polar surface area (TPSA) is 73.1 Å². The van der Waals surface area contributed by atoms with Gasteiger partial charge in [0, 0.05) is 11.9 Å². The standard InChI is InChI=1S/C6H10N2O2S2/c1-11-3-2-5(6(9)10)8-12-4-7/h5,8H,2-3H2,1H3,(H,9,10). The van der Waals surface area contributed by atoms with Crippen molar-refractivity contribution in [1.82, 2.24) is 4.72 Å². The van der Waals surface area contributed by atoms with Crippen LogP contribution in [-0.2, 0) is 4.79 Å². The molecule has 2 N–H and O–H groups in total. The highest BCUT2D eigenvalue weighted by Crippen LogP contribution is 2.03. The number of nitrogens with one attached hydrogen (secondary N) is 1. The summed E-state index contributed by atoms with van der Waals surface area (Å²) in [6.07, 6.45) is 2.45. The molecule has 0 aromatic carbocycles. The molecule has 0 aromatic rings. The molecule has 0 fully saturated rings. The zero-order valence-corrected chi connectivity index (χ0v) is 8.24. The van der Waals surface area contributed by atoms with Gasteiger partial charge in [-0.15, -0.1) is 0 Å².